The van der Waals surface area contributed by atoms with Crippen molar-refractivity contribution in [3.63, 3.8) is 0 Å². The maximum atomic E-state index is 2.65. The van der Waals surface area contributed by atoms with Crippen molar-refractivity contribution in [3.8, 4) is 0 Å². The Kier molecular flexibility index (Phi) is 18.0. The van der Waals surface area contributed by atoms with Gasteiger partial charge >= 0.3 is 298 Å². The summed E-state index contributed by atoms with van der Waals surface area (Å²) < 4.78 is 1.51. The zero-order chi connectivity index (χ0) is 34.1. The minimum absolute atomic E-state index is 0. The van der Waals surface area contributed by atoms with Gasteiger partial charge in [0.15, 0.2) is 0 Å². The van der Waals surface area contributed by atoms with Crippen molar-refractivity contribution in [3.05, 3.63) is 109 Å². The molecule has 266 valence electrons. The van der Waals surface area contributed by atoms with Crippen molar-refractivity contribution < 1.29 is 57.7 Å². The molecule has 0 saturated carbocycles. The van der Waals surface area contributed by atoms with Crippen LogP contribution in [0.4, 0.5) is 0 Å². The Morgan fingerprint density at radius 3 is 0.980 bits per heavy atom. The van der Waals surface area contributed by atoms with E-state index >= 15 is 0 Å². The van der Waals surface area contributed by atoms with E-state index in [2.05, 4.69) is 171 Å². The Labute approximate surface area is 332 Å². The van der Waals surface area contributed by atoms with Crippen molar-refractivity contribution in [1.82, 2.24) is 0 Å². The third kappa shape index (κ3) is 9.68. The van der Waals surface area contributed by atoms with E-state index in [0.717, 1.165) is 12.8 Å². The van der Waals surface area contributed by atoms with Gasteiger partial charge < -0.3 is 37.2 Å². The van der Waals surface area contributed by atoms with E-state index in [-0.39, 0.29) is 37.2 Å². The first kappa shape index (κ1) is 46.0. The van der Waals surface area contributed by atoms with Crippen LogP contribution in [0.3, 0.4) is 0 Å². The molecule has 0 unspecified atom stereocenters. The van der Waals surface area contributed by atoms with Crippen molar-refractivity contribution in [2.75, 3.05) is 0 Å². The van der Waals surface area contributed by atoms with Gasteiger partial charge in [0.05, 0.1) is 0 Å². The Hall–Kier alpha value is -1.06. The van der Waals surface area contributed by atoms with Crippen LogP contribution in [0.1, 0.15) is 178 Å². The third-order valence-corrected chi connectivity index (χ3v) is 16.0. The molecule has 4 rings (SSSR count). The maximum absolute atomic E-state index is 2.77. The second-order valence-electron chi connectivity index (χ2n) is 15.9. The summed E-state index contributed by atoms with van der Waals surface area (Å²) in [7, 11) is -2.77. The number of hydrogen-bond donors (Lipinski definition) is 0. The summed E-state index contributed by atoms with van der Waals surface area (Å²) in [6.07, 6.45) is 5.94. The predicted molar refractivity (Wildman–Crippen MR) is 203 cm³/mol. The second-order valence-corrected chi connectivity index (χ2v) is 20.5. The minimum atomic E-state index is -2.77. The number of allylic oxidation sites excluding steroid dienone is 4. The molecule has 0 N–H and O–H groups in total. The molecule has 5 heteroatoms. The second kappa shape index (κ2) is 19.1. The van der Waals surface area contributed by atoms with Crippen molar-refractivity contribution >= 4 is 23.6 Å². The van der Waals surface area contributed by atoms with E-state index in [1.165, 1.54) is 43.7 Å². The van der Waals surface area contributed by atoms with E-state index < -0.39 is 8.07 Å². The molecule has 0 aliphatic heterocycles. The Bertz CT molecular complexity index is 1380. The van der Waals surface area contributed by atoms with Crippen LogP contribution in [0, 0.1) is 0 Å². The molecule has 0 atom stereocenters. The van der Waals surface area contributed by atoms with E-state index in [9.17, 15) is 0 Å². The summed E-state index contributed by atoms with van der Waals surface area (Å²) in [5, 5.41) is 6.48. The molecule has 1 aliphatic rings. The van der Waals surface area contributed by atoms with Gasteiger partial charge in [-0.1, -0.05) is 0 Å². The van der Waals surface area contributed by atoms with Gasteiger partial charge in [-0.3, -0.25) is 0 Å². The van der Waals surface area contributed by atoms with Gasteiger partial charge in [0.2, 0.25) is 0 Å². The minimum Gasteiger partial charge on any atom is -1.00 e. The van der Waals surface area contributed by atoms with Gasteiger partial charge in [0.25, 0.3) is 0 Å². The molecule has 0 fully saturated rings. The molecule has 49 heavy (non-hydrogen) atoms. The topological polar surface area (TPSA) is 0 Å². The molecule has 0 nitrogen and oxygen atoms in total. The predicted octanol–water partition coefficient (Wildman–Crippen LogP) is 2.38. The first-order valence-corrected chi connectivity index (χ1v) is 21.0. The third-order valence-electron chi connectivity index (χ3n) is 10.4. The Morgan fingerprint density at radius 1 is 0.490 bits per heavy atom. The number of benzene rings is 3. The van der Waals surface area contributed by atoms with E-state index in [0.29, 0.717) is 35.5 Å². The van der Waals surface area contributed by atoms with Gasteiger partial charge in [-0.15, -0.1) is 0 Å². The largest absolute Gasteiger partial charge is 1.00 e. The summed E-state index contributed by atoms with van der Waals surface area (Å²) in [6, 6.07) is 23.4. The van der Waals surface area contributed by atoms with E-state index in [1.807, 2.05) is 0 Å². The average molecular weight is 772 g/mol. The molecule has 1 aliphatic carbocycles. The van der Waals surface area contributed by atoms with Crippen molar-refractivity contribution in [2.24, 2.45) is 0 Å². The first-order valence-electron chi connectivity index (χ1n) is 18.2. The van der Waals surface area contributed by atoms with Gasteiger partial charge in [-0.25, -0.2) is 0 Å². The Balaban J connectivity index is 0.00000400. The van der Waals surface area contributed by atoms with Crippen molar-refractivity contribution in [1.29, 1.82) is 0 Å². The maximum Gasteiger partial charge on any atom is -1.00 e. The number of rotatable bonds is 12. The molecule has 0 heterocycles. The van der Waals surface area contributed by atoms with Gasteiger partial charge in [-0.05, 0) is 0 Å². The summed E-state index contributed by atoms with van der Waals surface area (Å²) in [6.45, 7) is 30.9. The molecule has 3 aromatic carbocycles. The summed E-state index contributed by atoms with van der Waals surface area (Å²) >= 11 is 2.38. The average Bonchev–Trinajstić information content (AvgIpc) is 3.36. The van der Waals surface area contributed by atoms with Crippen LogP contribution in [0.5, 0.6) is 0 Å². The molecule has 0 saturated heterocycles. The molecule has 3 aromatic rings. The first-order chi connectivity index (χ1) is 21.6. The van der Waals surface area contributed by atoms with Crippen LogP contribution < -0.4 is 52.8 Å². The fourth-order valence-electron chi connectivity index (χ4n) is 7.23. The van der Waals surface area contributed by atoms with Crippen LogP contribution in [-0.4, -0.2) is 8.07 Å². The molecule has 0 radical (unpaired) electrons. The van der Waals surface area contributed by atoms with E-state index in [4.69, 9.17) is 0 Å². The van der Waals surface area contributed by atoms with Crippen molar-refractivity contribution in [2.45, 2.75) is 145 Å². The van der Waals surface area contributed by atoms with Crippen LogP contribution in [-0.2, 0) is 20.4 Å². The zero-order valence-electron chi connectivity index (χ0n) is 32.5. The molecule has 0 aromatic heterocycles. The quantitative estimate of drug-likeness (QED) is 0.196. The van der Waals surface area contributed by atoms with Gasteiger partial charge in [-0.2, -0.15) is 0 Å². The Morgan fingerprint density at radius 2 is 0.755 bits per heavy atom. The smallest absolute Gasteiger partial charge is 1.00 e. The van der Waals surface area contributed by atoms with Crippen LogP contribution in [0.15, 0.2) is 75.3 Å². The standard InChI is InChI=1S/C44H61Si.3ClH.Ti/c1-14-16-34-17-15-18-44(34)45(41-22-35(28(2)3)19-36(23-41)29(4)5,42-24-37(30(6)7)20-38(25-42)31(8)9)43-26-39(32(10)11)21-40(27-43)33(12)13;;;;/h15,19-33H,14,16,18H2,1-13H3;3*1H;/q;;;;+3/p-3. The molecule has 0 spiro atoms. The van der Waals surface area contributed by atoms with Gasteiger partial charge in [0.1, 0.15) is 0 Å². The fraction of sp³-hybridized carbons (Fsp3) is 0.500. The SMILES string of the molecule is CCCC1=C([Si](c2cc(C(C)C)cc(C(C)C)c2)(c2cc(C(C)C)cc(C(C)C)c2)c2cc(C(C)C)cc(C(C)C)c2)CC=[C]1[Ti+3].[Cl-].[Cl-].[Cl-]. The molecule has 0 amide bonds. The van der Waals surface area contributed by atoms with E-state index in [1.54, 1.807) is 26.3 Å². The van der Waals surface area contributed by atoms with Gasteiger partial charge in [0, 0.05) is 0 Å². The fourth-order valence-corrected chi connectivity index (χ4v) is 13.5. The molecule has 0 bridgehead atoms. The molecular weight excluding hydrogens is 711 g/mol. The zero-order valence-corrected chi connectivity index (χ0v) is 37.3. The number of hydrogen-bond acceptors (Lipinski definition) is 0. The normalized spacial score (nSPS) is 13.4. The number of halogens is 3. The van der Waals surface area contributed by atoms with Crippen LogP contribution >= 0.6 is 0 Å². The summed E-state index contributed by atoms with van der Waals surface area (Å²) in [5.74, 6) is 2.82. The molecular formula is C44H61Cl3SiTi. The summed E-state index contributed by atoms with van der Waals surface area (Å²) in [4.78, 5) is 0. The van der Waals surface area contributed by atoms with Crippen LogP contribution in [0.25, 0.3) is 0 Å². The monoisotopic (exact) mass is 770 g/mol. The van der Waals surface area contributed by atoms with Crippen LogP contribution in [0.2, 0.25) is 0 Å². The summed E-state index contributed by atoms with van der Waals surface area (Å²) in [5.41, 5.74) is 10.5.